The number of hydrogen-bond acceptors (Lipinski definition) is 2. The van der Waals surface area contributed by atoms with Crippen LogP contribution in [0.1, 0.15) is 51.8 Å². The molecular weight excluding hydrogens is 300 g/mol. The molecule has 0 radical (unpaired) electrons. The largest absolute Gasteiger partial charge is 0.357 e. The Morgan fingerprint density at radius 3 is 2.21 bits per heavy atom. The van der Waals surface area contributed by atoms with Crippen molar-refractivity contribution in [3.8, 4) is 0 Å². The van der Waals surface area contributed by atoms with E-state index < -0.39 is 0 Å². The smallest absolute Gasteiger partial charge is 0.241 e. The van der Waals surface area contributed by atoms with Crippen molar-refractivity contribution in [1.82, 2.24) is 16.0 Å². The molecule has 0 aliphatic rings. The predicted octanol–water partition coefficient (Wildman–Crippen LogP) is 2.64. The molecule has 0 heterocycles. The summed E-state index contributed by atoms with van der Waals surface area (Å²) in [6.45, 7) is 12.0. The van der Waals surface area contributed by atoms with E-state index >= 15 is 0 Å². The van der Waals surface area contributed by atoms with Gasteiger partial charge in [-0.3, -0.25) is 4.79 Å². The van der Waals surface area contributed by atoms with E-state index in [1.54, 1.807) is 0 Å². The highest BCUT2D eigenvalue weighted by molar-refractivity contribution is 5.85. The lowest BCUT2D eigenvalue weighted by Crippen LogP contribution is -2.39. The number of aliphatic imine (C=N–C) groups is 1. The number of carbonyl (C=O) groups is 1. The van der Waals surface area contributed by atoms with Crippen LogP contribution in [0.25, 0.3) is 0 Å². The average molecular weight is 332 g/mol. The summed E-state index contributed by atoms with van der Waals surface area (Å²) in [5.74, 6) is 1.25. The zero-order valence-electron chi connectivity index (χ0n) is 15.6. The van der Waals surface area contributed by atoms with Crippen molar-refractivity contribution in [3.63, 3.8) is 0 Å². The van der Waals surface area contributed by atoms with Crippen molar-refractivity contribution in [1.29, 1.82) is 0 Å². The summed E-state index contributed by atoms with van der Waals surface area (Å²) in [5.41, 5.74) is 2.56. The zero-order valence-corrected chi connectivity index (χ0v) is 15.6. The fourth-order valence-corrected chi connectivity index (χ4v) is 2.43. The lowest BCUT2D eigenvalue weighted by atomic mass is 10.00. The van der Waals surface area contributed by atoms with Gasteiger partial charge in [0.15, 0.2) is 5.96 Å². The Hall–Kier alpha value is -2.04. The maximum atomic E-state index is 11.6. The van der Waals surface area contributed by atoms with Gasteiger partial charge < -0.3 is 16.0 Å². The van der Waals surface area contributed by atoms with Crippen LogP contribution in [0.2, 0.25) is 0 Å². The lowest BCUT2D eigenvalue weighted by molar-refractivity contribution is -0.119. The second-order valence-corrected chi connectivity index (χ2v) is 6.35. The Bertz CT molecular complexity index is 523. The Labute approximate surface area is 146 Å². The predicted molar refractivity (Wildman–Crippen MR) is 101 cm³/mol. The van der Waals surface area contributed by atoms with Gasteiger partial charge in [0, 0.05) is 13.1 Å². The van der Waals surface area contributed by atoms with Gasteiger partial charge in [-0.1, -0.05) is 38.1 Å². The number of benzene rings is 1. The zero-order chi connectivity index (χ0) is 17.9. The summed E-state index contributed by atoms with van der Waals surface area (Å²) < 4.78 is 0. The molecule has 134 valence electrons. The van der Waals surface area contributed by atoms with Crippen molar-refractivity contribution in [2.75, 3.05) is 19.6 Å². The van der Waals surface area contributed by atoms with Crippen LogP contribution in [0.5, 0.6) is 0 Å². The minimum atomic E-state index is -0.0691. The van der Waals surface area contributed by atoms with Crippen LogP contribution >= 0.6 is 0 Å². The molecule has 0 spiro atoms. The first-order valence-corrected chi connectivity index (χ1v) is 8.86. The first-order valence-electron chi connectivity index (χ1n) is 8.86. The van der Waals surface area contributed by atoms with Crippen LogP contribution in [-0.2, 0) is 11.2 Å². The van der Waals surface area contributed by atoms with Gasteiger partial charge in [-0.05, 0) is 44.2 Å². The van der Waals surface area contributed by atoms with Gasteiger partial charge in [0.05, 0.1) is 6.04 Å². The third-order valence-electron chi connectivity index (χ3n) is 3.58. The van der Waals surface area contributed by atoms with Gasteiger partial charge in [-0.2, -0.15) is 0 Å². The lowest BCUT2D eigenvalue weighted by Gasteiger charge is -2.18. The van der Waals surface area contributed by atoms with E-state index in [2.05, 4.69) is 66.0 Å². The minimum Gasteiger partial charge on any atom is -0.357 e. The number of guanidine groups is 1. The molecule has 5 heteroatoms. The SMILES string of the molecule is CCNC(=O)CN=C(NCC)NC(C)c1ccc(CC(C)C)cc1. The minimum absolute atomic E-state index is 0.0691. The van der Waals surface area contributed by atoms with Crippen molar-refractivity contribution in [2.45, 2.75) is 47.1 Å². The summed E-state index contributed by atoms with van der Waals surface area (Å²) >= 11 is 0. The molecule has 1 aromatic rings. The number of carbonyl (C=O) groups excluding carboxylic acids is 1. The number of hydrogen-bond donors (Lipinski definition) is 3. The van der Waals surface area contributed by atoms with E-state index in [0.29, 0.717) is 18.4 Å². The number of amides is 1. The maximum absolute atomic E-state index is 11.6. The van der Waals surface area contributed by atoms with Crippen LogP contribution in [0.3, 0.4) is 0 Å². The molecule has 1 rings (SSSR count). The third kappa shape index (κ3) is 7.49. The van der Waals surface area contributed by atoms with Crippen molar-refractivity contribution in [3.05, 3.63) is 35.4 Å². The fourth-order valence-electron chi connectivity index (χ4n) is 2.43. The van der Waals surface area contributed by atoms with E-state index in [-0.39, 0.29) is 18.5 Å². The van der Waals surface area contributed by atoms with E-state index in [9.17, 15) is 4.79 Å². The monoisotopic (exact) mass is 332 g/mol. The Morgan fingerprint density at radius 1 is 1.04 bits per heavy atom. The Balaban J connectivity index is 2.68. The Morgan fingerprint density at radius 2 is 1.67 bits per heavy atom. The molecule has 1 atom stereocenters. The molecule has 0 aliphatic carbocycles. The van der Waals surface area contributed by atoms with Crippen LogP contribution < -0.4 is 16.0 Å². The van der Waals surface area contributed by atoms with E-state index in [4.69, 9.17) is 0 Å². The highest BCUT2D eigenvalue weighted by Crippen LogP contribution is 2.15. The number of nitrogens with zero attached hydrogens (tertiary/aromatic N) is 1. The van der Waals surface area contributed by atoms with Gasteiger partial charge in [0.25, 0.3) is 0 Å². The summed E-state index contributed by atoms with van der Waals surface area (Å²) in [6, 6.07) is 8.80. The van der Waals surface area contributed by atoms with E-state index in [0.717, 1.165) is 13.0 Å². The molecule has 1 unspecified atom stereocenters. The molecule has 5 nitrogen and oxygen atoms in total. The summed E-state index contributed by atoms with van der Waals surface area (Å²) in [6.07, 6.45) is 1.10. The average Bonchev–Trinajstić information content (AvgIpc) is 2.53. The quantitative estimate of drug-likeness (QED) is 0.506. The standard InChI is InChI=1S/C19H32N4O/c1-6-20-18(24)13-22-19(21-7-2)23-15(5)17-10-8-16(9-11-17)12-14(3)4/h8-11,14-15H,6-7,12-13H2,1-5H3,(H,20,24)(H2,21,22,23). The van der Waals surface area contributed by atoms with Crippen LogP contribution in [-0.4, -0.2) is 31.5 Å². The first kappa shape index (κ1) is 20.0. The highest BCUT2D eigenvalue weighted by Gasteiger charge is 2.09. The van der Waals surface area contributed by atoms with E-state index in [1.165, 1.54) is 11.1 Å². The Kier molecular flexibility index (Phi) is 8.90. The summed E-state index contributed by atoms with van der Waals surface area (Å²) in [4.78, 5) is 15.9. The maximum Gasteiger partial charge on any atom is 0.241 e. The van der Waals surface area contributed by atoms with Gasteiger partial charge in [0.2, 0.25) is 5.91 Å². The second kappa shape index (κ2) is 10.7. The molecule has 24 heavy (non-hydrogen) atoms. The molecular formula is C19H32N4O. The normalized spacial score (nSPS) is 12.8. The van der Waals surface area contributed by atoms with Gasteiger partial charge in [0.1, 0.15) is 6.54 Å². The van der Waals surface area contributed by atoms with Gasteiger partial charge in [-0.15, -0.1) is 0 Å². The van der Waals surface area contributed by atoms with Crippen LogP contribution in [0, 0.1) is 5.92 Å². The summed E-state index contributed by atoms with van der Waals surface area (Å²) in [7, 11) is 0. The molecule has 0 saturated heterocycles. The molecule has 0 bridgehead atoms. The first-order chi connectivity index (χ1) is 11.5. The van der Waals surface area contributed by atoms with Crippen molar-refractivity contribution >= 4 is 11.9 Å². The van der Waals surface area contributed by atoms with Crippen molar-refractivity contribution in [2.24, 2.45) is 10.9 Å². The molecule has 0 fully saturated rings. The molecule has 3 N–H and O–H groups in total. The molecule has 1 amide bonds. The van der Waals surface area contributed by atoms with Crippen LogP contribution in [0.4, 0.5) is 0 Å². The van der Waals surface area contributed by atoms with Crippen molar-refractivity contribution < 1.29 is 4.79 Å². The fraction of sp³-hybridized carbons (Fsp3) is 0.579. The second-order valence-electron chi connectivity index (χ2n) is 6.35. The topological polar surface area (TPSA) is 65.5 Å². The number of rotatable bonds is 8. The molecule has 0 saturated carbocycles. The number of nitrogens with one attached hydrogen (secondary N) is 3. The third-order valence-corrected chi connectivity index (χ3v) is 3.58. The molecule has 0 aliphatic heterocycles. The van der Waals surface area contributed by atoms with E-state index in [1.807, 2.05) is 13.8 Å². The number of likely N-dealkylation sites (N-methyl/N-ethyl adjacent to an activating group) is 1. The van der Waals surface area contributed by atoms with Gasteiger partial charge >= 0.3 is 0 Å². The highest BCUT2D eigenvalue weighted by atomic mass is 16.1. The van der Waals surface area contributed by atoms with Crippen LogP contribution in [0.15, 0.2) is 29.3 Å². The molecule has 1 aromatic carbocycles. The van der Waals surface area contributed by atoms with Gasteiger partial charge in [-0.25, -0.2) is 4.99 Å². The molecule has 0 aromatic heterocycles. The summed E-state index contributed by atoms with van der Waals surface area (Å²) in [5, 5.41) is 9.28.